The van der Waals surface area contributed by atoms with Crippen molar-refractivity contribution in [3.8, 4) is 0 Å². The molecule has 2 atom stereocenters. The topological polar surface area (TPSA) is 40.5 Å². The Balaban J connectivity index is 0.000000200. The molecule has 0 bridgehead atoms. The molecule has 0 saturated heterocycles. The van der Waals surface area contributed by atoms with Crippen molar-refractivity contribution >= 4 is 5.97 Å². The Kier molecular flexibility index (Phi) is 9.22. The normalized spacial score (nSPS) is 17.9. The quantitative estimate of drug-likeness (QED) is 0.608. The van der Waals surface area contributed by atoms with Crippen molar-refractivity contribution in [3.63, 3.8) is 0 Å². The summed E-state index contributed by atoms with van der Waals surface area (Å²) in [5.41, 5.74) is 2.75. The van der Waals surface area contributed by atoms with E-state index in [1.54, 1.807) is 0 Å². The number of rotatable bonds is 9. The van der Waals surface area contributed by atoms with Crippen LogP contribution in [0.5, 0.6) is 0 Å². The van der Waals surface area contributed by atoms with Crippen molar-refractivity contribution in [2.75, 3.05) is 19.6 Å². The van der Waals surface area contributed by atoms with Crippen LogP contribution in [-0.2, 0) is 4.79 Å². The van der Waals surface area contributed by atoms with Crippen molar-refractivity contribution in [1.82, 2.24) is 4.90 Å². The molecule has 1 fully saturated rings. The lowest BCUT2D eigenvalue weighted by Gasteiger charge is -2.20. The van der Waals surface area contributed by atoms with Crippen molar-refractivity contribution in [2.24, 2.45) is 11.8 Å². The lowest BCUT2D eigenvalue weighted by molar-refractivity contribution is -0.138. The Morgan fingerprint density at radius 2 is 1.43 bits per heavy atom. The van der Waals surface area contributed by atoms with E-state index in [-0.39, 0.29) is 5.92 Å². The number of carbonyl (C=O) groups is 1. The van der Waals surface area contributed by atoms with E-state index in [1.165, 1.54) is 11.1 Å². The minimum absolute atomic E-state index is 0.0498. The van der Waals surface area contributed by atoms with Gasteiger partial charge >= 0.3 is 5.97 Å². The zero-order chi connectivity index (χ0) is 20.4. The van der Waals surface area contributed by atoms with Crippen LogP contribution >= 0.6 is 0 Å². The van der Waals surface area contributed by atoms with E-state index in [0.29, 0.717) is 11.8 Å². The van der Waals surface area contributed by atoms with E-state index in [1.807, 2.05) is 0 Å². The summed E-state index contributed by atoms with van der Waals surface area (Å²) in [6, 6.07) is 21.2. The number of nitrogens with zero attached hydrogens (tertiary/aromatic N) is 1. The maximum absolute atomic E-state index is 10.7. The average Bonchev–Trinajstić information content (AvgIpc) is 3.49. The fraction of sp³-hybridized carbons (Fsp3) is 0.480. The van der Waals surface area contributed by atoms with Gasteiger partial charge in [0.05, 0.1) is 5.92 Å². The molecule has 1 aliphatic rings. The number of benzene rings is 2. The molecule has 3 rings (SSSR count). The van der Waals surface area contributed by atoms with Gasteiger partial charge in [-0.3, -0.25) is 4.79 Å². The Morgan fingerprint density at radius 3 is 1.79 bits per heavy atom. The van der Waals surface area contributed by atoms with Crippen molar-refractivity contribution in [2.45, 2.75) is 46.0 Å². The van der Waals surface area contributed by atoms with Crippen LogP contribution in [0.2, 0.25) is 0 Å². The van der Waals surface area contributed by atoms with E-state index in [4.69, 9.17) is 5.11 Å². The molecular weight excluding hydrogens is 346 g/mol. The molecule has 0 spiro atoms. The highest BCUT2D eigenvalue weighted by Gasteiger charge is 2.43. The van der Waals surface area contributed by atoms with E-state index in [9.17, 15) is 4.79 Å². The molecule has 28 heavy (non-hydrogen) atoms. The smallest absolute Gasteiger partial charge is 0.306 e. The van der Waals surface area contributed by atoms with Gasteiger partial charge in [0.2, 0.25) is 0 Å². The molecule has 3 nitrogen and oxygen atoms in total. The fourth-order valence-electron chi connectivity index (χ4n) is 3.69. The predicted octanol–water partition coefficient (Wildman–Crippen LogP) is 5.67. The van der Waals surface area contributed by atoms with Crippen LogP contribution in [0.3, 0.4) is 0 Å². The Bertz CT molecular complexity index is 641. The minimum Gasteiger partial charge on any atom is -0.481 e. The van der Waals surface area contributed by atoms with Crippen LogP contribution in [-0.4, -0.2) is 35.6 Å². The third-order valence-electron chi connectivity index (χ3n) is 5.41. The summed E-state index contributed by atoms with van der Waals surface area (Å²) >= 11 is 0. The summed E-state index contributed by atoms with van der Waals surface area (Å²) < 4.78 is 0. The van der Waals surface area contributed by atoms with Gasteiger partial charge in [-0.25, -0.2) is 0 Å². The van der Waals surface area contributed by atoms with Crippen LogP contribution < -0.4 is 0 Å². The number of aliphatic carboxylic acids is 1. The molecule has 3 heteroatoms. The second-order valence-corrected chi connectivity index (χ2v) is 7.78. The van der Waals surface area contributed by atoms with E-state index >= 15 is 0 Å². The molecular formula is C25H35NO2. The van der Waals surface area contributed by atoms with Crippen LogP contribution in [0.15, 0.2) is 60.7 Å². The van der Waals surface area contributed by atoms with Gasteiger partial charge in [-0.1, -0.05) is 81.4 Å². The van der Waals surface area contributed by atoms with Gasteiger partial charge in [-0.05, 0) is 49.4 Å². The highest BCUT2D eigenvalue weighted by Crippen LogP contribution is 2.39. The number of carboxylic acids is 1. The molecule has 0 heterocycles. The monoisotopic (exact) mass is 381 g/mol. The first kappa shape index (κ1) is 22.2. The van der Waals surface area contributed by atoms with Crippen LogP contribution in [0.1, 0.15) is 57.1 Å². The summed E-state index contributed by atoms with van der Waals surface area (Å²) in [4.78, 5) is 13.0. The Morgan fingerprint density at radius 1 is 0.964 bits per heavy atom. The van der Waals surface area contributed by atoms with Gasteiger partial charge < -0.3 is 10.0 Å². The van der Waals surface area contributed by atoms with Gasteiger partial charge in [0.25, 0.3) is 0 Å². The molecule has 152 valence electrons. The molecule has 2 aromatic carbocycles. The summed E-state index contributed by atoms with van der Waals surface area (Å²) in [6.45, 7) is 9.78. The molecule has 0 radical (unpaired) electrons. The van der Waals surface area contributed by atoms with Crippen molar-refractivity contribution in [1.29, 1.82) is 0 Å². The second-order valence-electron chi connectivity index (χ2n) is 7.78. The maximum Gasteiger partial charge on any atom is 0.306 e. The van der Waals surface area contributed by atoms with E-state index in [0.717, 1.165) is 38.9 Å². The van der Waals surface area contributed by atoms with Crippen molar-refractivity contribution in [3.05, 3.63) is 71.8 Å². The number of hydrogen-bond acceptors (Lipinski definition) is 2. The van der Waals surface area contributed by atoms with E-state index in [2.05, 4.69) is 86.3 Å². The van der Waals surface area contributed by atoms with Crippen LogP contribution in [0.4, 0.5) is 0 Å². The first-order valence-electron chi connectivity index (χ1n) is 10.6. The third-order valence-corrected chi connectivity index (χ3v) is 5.41. The molecule has 2 aromatic rings. The first-order chi connectivity index (χ1) is 13.6. The number of hydrogen-bond donors (Lipinski definition) is 1. The Hall–Kier alpha value is -2.13. The standard InChI is InChI=1S/C14H14.C11H21NO2/c1-12(13-8-4-2-5-9-13)14-10-6-3-7-11-14;1-3-5-12(6-4-2)8-9-7-10(9)11(13)14/h2-12H,1H3;9-10H,3-8H2,1-2H3,(H,13,14). The molecule has 1 aliphatic carbocycles. The minimum atomic E-state index is -0.608. The molecule has 1 saturated carbocycles. The summed E-state index contributed by atoms with van der Waals surface area (Å²) in [7, 11) is 0. The molecule has 0 aromatic heterocycles. The lowest BCUT2D eigenvalue weighted by atomic mass is 9.93. The second kappa shape index (κ2) is 11.7. The summed E-state index contributed by atoms with van der Waals surface area (Å²) in [5, 5.41) is 8.78. The van der Waals surface area contributed by atoms with Crippen LogP contribution in [0, 0.1) is 11.8 Å². The summed E-state index contributed by atoms with van der Waals surface area (Å²) in [6.07, 6.45) is 3.20. The van der Waals surface area contributed by atoms with Gasteiger partial charge in [-0.15, -0.1) is 0 Å². The van der Waals surface area contributed by atoms with Gasteiger partial charge in [0.1, 0.15) is 0 Å². The molecule has 0 amide bonds. The van der Waals surface area contributed by atoms with Gasteiger partial charge in [0, 0.05) is 12.5 Å². The summed E-state index contributed by atoms with van der Waals surface area (Å²) in [5.74, 6) is 0.247. The van der Waals surface area contributed by atoms with Gasteiger partial charge in [0.15, 0.2) is 0 Å². The largest absolute Gasteiger partial charge is 0.481 e. The fourth-order valence-corrected chi connectivity index (χ4v) is 3.69. The highest BCUT2D eigenvalue weighted by molar-refractivity contribution is 5.73. The third kappa shape index (κ3) is 7.12. The highest BCUT2D eigenvalue weighted by atomic mass is 16.4. The first-order valence-corrected chi connectivity index (χ1v) is 10.6. The number of carboxylic acid groups (broad SMARTS) is 1. The zero-order valence-electron chi connectivity index (χ0n) is 17.6. The zero-order valence-corrected chi connectivity index (χ0v) is 17.6. The Labute approximate surface area is 170 Å². The molecule has 1 N–H and O–H groups in total. The average molecular weight is 382 g/mol. The SMILES string of the molecule is CC(c1ccccc1)c1ccccc1.CCCN(CCC)CC1CC1C(=O)O. The van der Waals surface area contributed by atoms with Gasteiger partial charge in [-0.2, -0.15) is 0 Å². The predicted molar refractivity (Wildman–Crippen MR) is 117 cm³/mol. The molecule has 2 unspecified atom stereocenters. The maximum atomic E-state index is 10.7. The molecule has 0 aliphatic heterocycles. The lowest BCUT2D eigenvalue weighted by Crippen LogP contribution is -2.28. The van der Waals surface area contributed by atoms with Crippen LogP contribution in [0.25, 0.3) is 0 Å². The van der Waals surface area contributed by atoms with E-state index < -0.39 is 5.97 Å². The van der Waals surface area contributed by atoms with Crippen molar-refractivity contribution < 1.29 is 9.90 Å².